The molecule has 18 heavy (non-hydrogen) atoms. The molecule has 0 aliphatic heterocycles. The van der Waals surface area contributed by atoms with Gasteiger partial charge in [-0.05, 0) is 51.6 Å². The van der Waals surface area contributed by atoms with Gasteiger partial charge < -0.3 is 15.4 Å². The number of likely N-dealkylation sites (N-methyl/N-ethyl adjacent to an activating group) is 1. The van der Waals surface area contributed by atoms with E-state index >= 15 is 0 Å². The van der Waals surface area contributed by atoms with Crippen molar-refractivity contribution in [3.63, 3.8) is 0 Å². The fourth-order valence-corrected chi connectivity index (χ4v) is 1.61. The molecule has 0 aliphatic rings. The predicted octanol–water partition coefficient (Wildman–Crippen LogP) is 2.41. The minimum absolute atomic E-state index is 0.0477. The van der Waals surface area contributed by atoms with Crippen LogP contribution in [0.1, 0.15) is 27.7 Å². The number of carbonyl (C=O) groups excluding carboxylic acids is 1. The van der Waals surface area contributed by atoms with Crippen LogP contribution in [0.25, 0.3) is 0 Å². The first-order valence-corrected chi connectivity index (χ1v) is 6.29. The smallest absolute Gasteiger partial charge is 0.244 e. The molecule has 0 radical (unpaired) electrons. The number of ether oxygens (including phenoxy) is 1. The van der Waals surface area contributed by atoms with Crippen molar-refractivity contribution < 1.29 is 9.53 Å². The molecule has 0 fully saturated rings. The van der Waals surface area contributed by atoms with E-state index in [1.165, 1.54) is 0 Å². The number of nitrogens with one attached hydrogen (secondary N) is 2. The number of rotatable bonds is 6. The zero-order chi connectivity index (χ0) is 13.6. The van der Waals surface area contributed by atoms with Gasteiger partial charge in [-0.2, -0.15) is 0 Å². The van der Waals surface area contributed by atoms with Crippen molar-refractivity contribution in [2.45, 2.75) is 33.2 Å². The Morgan fingerprint density at radius 1 is 1.22 bits per heavy atom. The van der Waals surface area contributed by atoms with Crippen molar-refractivity contribution in [3.8, 4) is 5.75 Å². The van der Waals surface area contributed by atoms with E-state index in [0.717, 1.165) is 18.0 Å². The van der Waals surface area contributed by atoms with Gasteiger partial charge in [0.15, 0.2) is 0 Å². The van der Waals surface area contributed by atoms with E-state index in [0.29, 0.717) is 6.61 Å². The van der Waals surface area contributed by atoms with E-state index in [9.17, 15) is 4.79 Å². The van der Waals surface area contributed by atoms with Gasteiger partial charge in [0.25, 0.3) is 0 Å². The Labute approximate surface area is 109 Å². The first-order chi connectivity index (χ1) is 8.49. The lowest BCUT2D eigenvalue weighted by Crippen LogP contribution is -2.49. The second-order valence-corrected chi connectivity index (χ2v) is 4.57. The summed E-state index contributed by atoms with van der Waals surface area (Å²) in [5, 5.41) is 6.02. The Morgan fingerprint density at radius 3 is 2.33 bits per heavy atom. The van der Waals surface area contributed by atoms with E-state index in [4.69, 9.17) is 4.74 Å². The van der Waals surface area contributed by atoms with Crippen LogP contribution < -0.4 is 15.4 Å². The minimum atomic E-state index is -0.576. The van der Waals surface area contributed by atoms with Crippen molar-refractivity contribution in [1.29, 1.82) is 0 Å². The molecule has 1 aromatic rings. The molecule has 0 aliphatic carbocycles. The summed E-state index contributed by atoms with van der Waals surface area (Å²) in [5.41, 5.74) is 0.197. The molecular formula is C14H22N2O2. The molecule has 0 saturated heterocycles. The highest BCUT2D eigenvalue weighted by Gasteiger charge is 2.25. The zero-order valence-corrected chi connectivity index (χ0v) is 11.5. The summed E-state index contributed by atoms with van der Waals surface area (Å²) >= 11 is 0. The van der Waals surface area contributed by atoms with Gasteiger partial charge in [-0.3, -0.25) is 4.79 Å². The Morgan fingerprint density at radius 2 is 1.83 bits per heavy atom. The second-order valence-electron chi connectivity index (χ2n) is 4.57. The van der Waals surface area contributed by atoms with E-state index in [2.05, 4.69) is 10.6 Å². The van der Waals surface area contributed by atoms with Crippen LogP contribution in [0.5, 0.6) is 5.75 Å². The number of anilines is 1. The molecule has 1 rings (SSSR count). The molecular weight excluding hydrogens is 228 g/mol. The van der Waals surface area contributed by atoms with Crippen molar-refractivity contribution in [2.75, 3.05) is 18.5 Å². The van der Waals surface area contributed by atoms with Gasteiger partial charge in [-0.1, -0.05) is 6.92 Å². The van der Waals surface area contributed by atoms with Crippen LogP contribution in [0.3, 0.4) is 0 Å². The first-order valence-electron chi connectivity index (χ1n) is 6.29. The Bertz CT molecular complexity index is 385. The topological polar surface area (TPSA) is 50.4 Å². The molecule has 1 amide bonds. The number of hydrogen-bond acceptors (Lipinski definition) is 3. The first kappa shape index (κ1) is 14.5. The monoisotopic (exact) mass is 250 g/mol. The number of hydrogen-bond donors (Lipinski definition) is 2. The van der Waals surface area contributed by atoms with E-state index < -0.39 is 5.54 Å². The SMILES string of the molecule is CCNC(C)(C)C(=O)Nc1ccc(OCC)cc1. The molecule has 0 bridgehead atoms. The summed E-state index contributed by atoms with van der Waals surface area (Å²) in [4.78, 5) is 12.0. The maximum Gasteiger partial charge on any atom is 0.244 e. The van der Waals surface area contributed by atoms with Gasteiger partial charge in [0.2, 0.25) is 5.91 Å². The highest BCUT2D eigenvalue weighted by atomic mass is 16.5. The summed E-state index contributed by atoms with van der Waals surface area (Å²) in [6, 6.07) is 7.37. The lowest BCUT2D eigenvalue weighted by atomic mass is 10.0. The summed E-state index contributed by atoms with van der Waals surface area (Å²) in [7, 11) is 0. The molecule has 1 aromatic carbocycles. The van der Waals surface area contributed by atoms with Crippen LogP contribution in [-0.4, -0.2) is 24.6 Å². The van der Waals surface area contributed by atoms with Gasteiger partial charge in [0.1, 0.15) is 5.75 Å². The summed E-state index contributed by atoms with van der Waals surface area (Å²) in [6.45, 7) is 9.03. The van der Waals surface area contributed by atoms with Crippen LogP contribution in [0.15, 0.2) is 24.3 Å². The average molecular weight is 250 g/mol. The maximum atomic E-state index is 12.0. The third kappa shape index (κ3) is 4.04. The van der Waals surface area contributed by atoms with Crippen LogP contribution in [0.2, 0.25) is 0 Å². The largest absolute Gasteiger partial charge is 0.494 e. The van der Waals surface area contributed by atoms with Gasteiger partial charge in [0, 0.05) is 5.69 Å². The maximum absolute atomic E-state index is 12.0. The molecule has 0 saturated carbocycles. The van der Waals surface area contributed by atoms with Gasteiger partial charge in [-0.25, -0.2) is 0 Å². The van der Waals surface area contributed by atoms with Crippen molar-refractivity contribution in [1.82, 2.24) is 5.32 Å². The standard InChI is InChI=1S/C14H22N2O2/c1-5-15-14(3,4)13(17)16-11-7-9-12(10-8-11)18-6-2/h7-10,15H,5-6H2,1-4H3,(H,16,17). The normalized spacial score (nSPS) is 11.1. The third-order valence-corrected chi connectivity index (χ3v) is 2.61. The van der Waals surface area contributed by atoms with Crippen LogP contribution >= 0.6 is 0 Å². The minimum Gasteiger partial charge on any atom is -0.494 e. The van der Waals surface area contributed by atoms with E-state index in [-0.39, 0.29) is 5.91 Å². The fraction of sp³-hybridized carbons (Fsp3) is 0.500. The molecule has 0 unspecified atom stereocenters. The molecule has 4 nitrogen and oxygen atoms in total. The lowest BCUT2D eigenvalue weighted by molar-refractivity contribution is -0.121. The molecule has 0 aromatic heterocycles. The molecule has 4 heteroatoms. The number of amides is 1. The number of carbonyl (C=O) groups is 1. The fourth-order valence-electron chi connectivity index (χ4n) is 1.61. The summed E-state index contributed by atoms with van der Waals surface area (Å²) < 4.78 is 5.35. The quantitative estimate of drug-likeness (QED) is 0.815. The highest BCUT2D eigenvalue weighted by Crippen LogP contribution is 2.16. The van der Waals surface area contributed by atoms with Gasteiger partial charge >= 0.3 is 0 Å². The van der Waals surface area contributed by atoms with Gasteiger partial charge in [-0.15, -0.1) is 0 Å². The number of benzene rings is 1. The highest BCUT2D eigenvalue weighted by molar-refractivity contribution is 5.97. The molecule has 0 spiro atoms. The van der Waals surface area contributed by atoms with E-state index in [1.54, 1.807) is 0 Å². The molecule has 0 heterocycles. The summed E-state index contributed by atoms with van der Waals surface area (Å²) in [5.74, 6) is 0.759. The average Bonchev–Trinajstić information content (AvgIpc) is 2.32. The second kappa shape index (κ2) is 6.40. The van der Waals surface area contributed by atoms with Crippen molar-refractivity contribution >= 4 is 11.6 Å². The van der Waals surface area contributed by atoms with Crippen LogP contribution in [-0.2, 0) is 4.79 Å². The van der Waals surface area contributed by atoms with Crippen molar-refractivity contribution in [2.24, 2.45) is 0 Å². The van der Waals surface area contributed by atoms with Crippen LogP contribution in [0, 0.1) is 0 Å². The van der Waals surface area contributed by atoms with Crippen LogP contribution in [0.4, 0.5) is 5.69 Å². The Kier molecular flexibility index (Phi) is 5.16. The zero-order valence-electron chi connectivity index (χ0n) is 11.5. The van der Waals surface area contributed by atoms with Crippen molar-refractivity contribution in [3.05, 3.63) is 24.3 Å². The summed E-state index contributed by atoms with van der Waals surface area (Å²) in [6.07, 6.45) is 0. The Hall–Kier alpha value is -1.55. The third-order valence-electron chi connectivity index (χ3n) is 2.61. The lowest BCUT2D eigenvalue weighted by Gasteiger charge is -2.24. The molecule has 2 N–H and O–H groups in total. The van der Waals surface area contributed by atoms with E-state index in [1.807, 2.05) is 52.0 Å². The molecule has 0 atom stereocenters. The Balaban J connectivity index is 2.64. The van der Waals surface area contributed by atoms with Gasteiger partial charge in [0.05, 0.1) is 12.1 Å². The molecule has 100 valence electrons. The predicted molar refractivity (Wildman–Crippen MR) is 74.0 cm³/mol.